The van der Waals surface area contributed by atoms with Gasteiger partial charge in [0.2, 0.25) is 11.8 Å². The molecule has 142 valence electrons. The van der Waals surface area contributed by atoms with Crippen molar-refractivity contribution in [3.8, 4) is 0 Å². The van der Waals surface area contributed by atoms with Crippen molar-refractivity contribution in [2.75, 3.05) is 52.9 Å². The lowest BCUT2D eigenvalue weighted by molar-refractivity contribution is -1.00. The average Bonchev–Trinajstić information content (AvgIpc) is 3.03. The molecule has 3 N–H and O–H groups in total. The molecule has 0 radical (unpaired) electrons. The monoisotopic (exact) mass is 352 g/mol. The van der Waals surface area contributed by atoms with Gasteiger partial charge in [-0.3, -0.25) is 9.59 Å². The molecule has 1 atom stereocenters. The van der Waals surface area contributed by atoms with Gasteiger partial charge in [0.25, 0.3) is 0 Å². The molecule has 1 aliphatic carbocycles. The van der Waals surface area contributed by atoms with E-state index < -0.39 is 0 Å². The van der Waals surface area contributed by atoms with Crippen molar-refractivity contribution in [2.45, 2.75) is 51.0 Å². The summed E-state index contributed by atoms with van der Waals surface area (Å²) in [5, 5.41) is 3.08. The van der Waals surface area contributed by atoms with E-state index in [0.29, 0.717) is 19.0 Å². The van der Waals surface area contributed by atoms with Crippen LogP contribution in [-0.2, 0) is 9.59 Å². The summed E-state index contributed by atoms with van der Waals surface area (Å²) in [6, 6.07) is 0.391. The summed E-state index contributed by atoms with van der Waals surface area (Å²) in [5.41, 5.74) is 0. The van der Waals surface area contributed by atoms with E-state index >= 15 is 0 Å². The van der Waals surface area contributed by atoms with E-state index in [1.54, 1.807) is 9.80 Å². The zero-order valence-electron chi connectivity index (χ0n) is 15.8. The van der Waals surface area contributed by atoms with Crippen molar-refractivity contribution < 1.29 is 19.4 Å². The van der Waals surface area contributed by atoms with Crippen molar-refractivity contribution in [1.29, 1.82) is 0 Å². The minimum Gasteiger partial charge on any atom is -0.356 e. The Morgan fingerprint density at radius 3 is 2.60 bits per heavy atom. The third-order valence-corrected chi connectivity index (χ3v) is 6.36. The number of hydrogen-bond donors (Lipinski definition) is 3. The molecule has 1 saturated carbocycles. The Morgan fingerprint density at radius 2 is 1.88 bits per heavy atom. The lowest BCUT2D eigenvalue weighted by Crippen LogP contribution is -3.27. The number of carbonyl (C=O) groups excluding carboxylic acids is 2. The first-order chi connectivity index (χ1) is 12.1. The van der Waals surface area contributed by atoms with E-state index in [-0.39, 0.29) is 17.7 Å². The van der Waals surface area contributed by atoms with Gasteiger partial charge in [-0.2, -0.15) is 0 Å². The fourth-order valence-corrected chi connectivity index (χ4v) is 4.63. The van der Waals surface area contributed by atoms with E-state index in [4.69, 9.17) is 0 Å². The van der Waals surface area contributed by atoms with Crippen molar-refractivity contribution in [3.63, 3.8) is 0 Å². The van der Waals surface area contributed by atoms with E-state index in [9.17, 15) is 9.59 Å². The number of nitrogens with one attached hydrogen (secondary N) is 3. The predicted molar refractivity (Wildman–Crippen MR) is 96.5 cm³/mol. The molecule has 6 nitrogen and oxygen atoms in total. The van der Waals surface area contributed by atoms with Crippen molar-refractivity contribution in [1.82, 2.24) is 10.2 Å². The van der Waals surface area contributed by atoms with Gasteiger partial charge in [0.1, 0.15) is 26.2 Å². The van der Waals surface area contributed by atoms with Gasteiger partial charge < -0.3 is 20.0 Å². The Balaban J connectivity index is 1.33. The highest BCUT2D eigenvalue weighted by Gasteiger charge is 2.37. The molecule has 0 spiro atoms. The van der Waals surface area contributed by atoms with Gasteiger partial charge in [-0.15, -0.1) is 0 Å². The van der Waals surface area contributed by atoms with Crippen LogP contribution >= 0.6 is 0 Å². The highest BCUT2D eigenvalue weighted by molar-refractivity contribution is 5.89. The third-order valence-electron chi connectivity index (χ3n) is 6.36. The van der Waals surface area contributed by atoms with Crippen LogP contribution in [0.25, 0.3) is 0 Å². The number of likely N-dealkylation sites (tertiary alicyclic amines) is 1. The Bertz CT molecular complexity index is 456. The van der Waals surface area contributed by atoms with Gasteiger partial charge >= 0.3 is 0 Å². The van der Waals surface area contributed by atoms with Gasteiger partial charge in [0.05, 0.1) is 19.5 Å². The van der Waals surface area contributed by atoms with E-state index in [1.807, 2.05) is 4.90 Å². The highest BCUT2D eigenvalue weighted by Crippen LogP contribution is 2.28. The number of carbonyl (C=O) groups is 2. The molecule has 1 unspecified atom stereocenters. The molecule has 2 heterocycles. The fourth-order valence-electron chi connectivity index (χ4n) is 4.63. The zero-order chi connectivity index (χ0) is 17.6. The van der Waals surface area contributed by atoms with Crippen LogP contribution in [0.4, 0.5) is 0 Å². The minimum atomic E-state index is -0.131. The molecule has 2 amide bonds. The summed E-state index contributed by atoms with van der Waals surface area (Å²) in [7, 11) is 2.26. The normalized spacial score (nSPS) is 31.3. The van der Waals surface area contributed by atoms with Gasteiger partial charge in [-0.25, -0.2) is 0 Å². The molecule has 0 aromatic carbocycles. The predicted octanol–water partition coefficient (Wildman–Crippen LogP) is -1.91. The second-order valence-corrected chi connectivity index (χ2v) is 8.34. The van der Waals surface area contributed by atoms with Crippen LogP contribution < -0.4 is 15.1 Å². The van der Waals surface area contributed by atoms with Gasteiger partial charge in [0, 0.05) is 32.0 Å². The number of nitrogens with zero attached hydrogens (tertiary/aromatic N) is 1. The lowest BCUT2D eigenvalue weighted by Gasteiger charge is -2.31. The molecule has 0 aromatic heterocycles. The first-order valence-electron chi connectivity index (χ1n) is 10.4. The summed E-state index contributed by atoms with van der Waals surface area (Å²) < 4.78 is 0. The average molecular weight is 353 g/mol. The molecule has 3 fully saturated rings. The first kappa shape index (κ1) is 18.6. The minimum absolute atomic E-state index is 0.0875. The molecule has 25 heavy (non-hydrogen) atoms. The fraction of sp³-hybridized carbons (Fsp3) is 0.895. The molecular weight excluding hydrogens is 316 g/mol. The molecule has 0 aromatic rings. The van der Waals surface area contributed by atoms with Crippen LogP contribution in [0.1, 0.15) is 44.9 Å². The maximum absolute atomic E-state index is 12.4. The van der Waals surface area contributed by atoms with Crippen LogP contribution in [0, 0.1) is 5.92 Å². The maximum Gasteiger partial charge on any atom is 0.225 e. The van der Waals surface area contributed by atoms with Crippen LogP contribution in [0.15, 0.2) is 0 Å². The highest BCUT2D eigenvalue weighted by atomic mass is 16.2. The summed E-state index contributed by atoms with van der Waals surface area (Å²) >= 11 is 0. The molecule has 6 heteroatoms. The molecule has 3 rings (SSSR count). The molecule has 0 bridgehead atoms. The van der Waals surface area contributed by atoms with Gasteiger partial charge in [0.15, 0.2) is 0 Å². The number of likely N-dealkylation sites (N-methyl/N-ethyl adjacent to an activating group) is 1. The lowest BCUT2D eigenvalue weighted by atomic mass is 9.94. The molecule has 2 saturated heterocycles. The Morgan fingerprint density at radius 1 is 1.16 bits per heavy atom. The van der Waals surface area contributed by atoms with Crippen molar-refractivity contribution in [3.05, 3.63) is 0 Å². The van der Waals surface area contributed by atoms with Gasteiger partial charge in [-0.1, -0.05) is 19.3 Å². The summed E-state index contributed by atoms with van der Waals surface area (Å²) in [5.74, 6) is 0.148. The SMILES string of the molecule is C[NH+]1CC[NH+](CCCNC(=O)C2CC(=O)N(C3CCCCC3)C2)CC1. The standard InChI is InChI=1S/C19H34N4O2/c1-21-10-12-22(13-11-21)9-5-8-20-19(25)16-14-18(24)23(15-16)17-6-3-2-4-7-17/h16-17H,2-15H2,1H3,(H,20,25)/p+2. The maximum atomic E-state index is 12.4. The number of piperazine rings is 1. The second kappa shape index (κ2) is 8.99. The van der Waals surface area contributed by atoms with Crippen molar-refractivity contribution >= 4 is 11.8 Å². The Hall–Kier alpha value is -1.14. The quantitative estimate of drug-likeness (QED) is 0.489. The number of amides is 2. The van der Waals surface area contributed by atoms with Crippen LogP contribution in [0.5, 0.6) is 0 Å². The van der Waals surface area contributed by atoms with Gasteiger partial charge in [-0.05, 0) is 12.8 Å². The Kier molecular flexibility index (Phi) is 6.70. The summed E-state index contributed by atoms with van der Waals surface area (Å²) in [6.45, 7) is 7.53. The topological polar surface area (TPSA) is 58.3 Å². The largest absolute Gasteiger partial charge is 0.356 e. The smallest absolute Gasteiger partial charge is 0.225 e. The van der Waals surface area contributed by atoms with Crippen LogP contribution in [0.3, 0.4) is 0 Å². The summed E-state index contributed by atoms with van der Waals surface area (Å²) in [6.07, 6.45) is 7.43. The number of rotatable bonds is 6. The third kappa shape index (κ3) is 5.17. The van der Waals surface area contributed by atoms with Crippen LogP contribution in [-0.4, -0.2) is 75.6 Å². The molecule has 2 aliphatic heterocycles. The van der Waals surface area contributed by atoms with Crippen LogP contribution in [0.2, 0.25) is 0 Å². The molecule has 3 aliphatic rings. The number of quaternary nitrogens is 2. The van der Waals surface area contributed by atoms with E-state index in [2.05, 4.69) is 12.4 Å². The zero-order valence-corrected chi connectivity index (χ0v) is 15.8. The van der Waals surface area contributed by atoms with E-state index in [1.165, 1.54) is 45.4 Å². The van der Waals surface area contributed by atoms with E-state index in [0.717, 1.165) is 32.4 Å². The molecular formula is C19H36N4O2+2. The number of hydrogen-bond acceptors (Lipinski definition) is 2. The Labute approximate surface area is 151 Å². The second-order valence-electron chi connectivity index (χ2n) is 8.34. The first-order valence-corrected chi connectivity index (χ1v) is 10.4. The van der Waals surface area contributed by atoms with Crippen molar-refractivity contribution in [2.24, 2.45) is 5.92 Å². The summed E-state index contributed by atoms with van der Waals surface area (Å²) in [4.78, 5) is 30.0.